The fourth-order valence-electron chi connectivity index (χ4n) is 1.58. The maximum atomic E-state index is 11.2. The topological polar surface area (TPSA) is 124 Å². The number of rotatable bonds is 5. The Morgan fingerprint density at radius 3 is 2.67 bits per heavy atom. The first-order valence-corrected chi connectivity index (χ1v) is 7.91. The molecule has 2 rings (SSSR count). The van der Waals surface area contributed by atoms with Crippen molar-refractivity contribution in [2.24, 2.45) is 0 Å². The molecule has 1 aromatic carbocycles. The second-order valence-corrected chi connectivity index (χ2v) is 6.46. The number of tetrazole rings is 1. The number of nitriles is 1. The van der Waals surface area contributed by atoms with Gasteiger partial charge in [0, 0.05) is 18.1 Å². The van der Waals surface area contributed by atoms with Crippen molar-refractivity contribution in [3.8, 4) is 6.07 Å². The summed E-state index contributed by atoms with van der Waals surface area (Å²) in [6, 6.07) is 8.81. The van der Waals surface area contributed by atoms with Crippen molar-refractivity contribution in [3.05, 3.63) is 41.9 Å². The number of nitrogens with zero attached hydrogens (tertiary/aromatic N) is 4. The van der Waals surface area contributed by atoms with E-state index in [9.17, 15) is 8.42 Å². The highest BCUT2D eigenvalue weighted by Gasteiger charge is 2.06. The lowest BCUT2D eigenvalue weighted by atomic mass is 10.2. The number of hydrogen-bond acceptors (Lipinski definition) is 7. The zero-order valence-electron chi connectivity index (χ0n) is 11.1. The molecule has 0 spiro atoms. The van der Waals surface area contributed by atoms with Crippen LogP contribution in [0.4, 0.5) is 5.69 Å². The summed E-state index contributed by atoms with van der Waals surface area (Å²) in [5.74, 6) is 0.189. The molecule has 0 aliphatic carbocycles. The van der Waals surface area contributed by atoms with Crippen LogP contribution in [0.3, 0.4) is 0 Å². The van der Waals surface area contributed by atoms with E-state index >= 15 is 0 Å². The number of aromatic amines is 1. The predicted octanol–water partition coefficient (Wildman–Crippen LogP) is 0.721. The van der Waals surface area contributed by atoms with E-state index in [1.807, 2.05) is 6.07 Å². The first-order chi connectivity index (χ1) is 9.98. The van der Waals surface area contributed by atoms with Crippen LogP contribution in [0.15, 0.2) is 30.5 Å². The van der Waals surface area contributed by atoms with E-state index in [2.05, 4.69) is 25.9 Å². The van der Waals surface area contributed by atoms with Crippen LogP contribution in [0.5, 0.6) is 0 Å². The Hall–Kier alpha value is -2.73. The third-order valence-corrected chi connectivity index (χ3v) is 3.33. The molecule has 0 amide bonds. The average Bonchev–Trinajstić information content (AvgIpc) is 2.94. The van der Waals surface area contributed by atoms with E-state index in [1.54, 1.807) is 24.3 Å². The number of H-pyrrole nitrogens is 1. The van der Waals surface area contributed by atoms with E-state index in [-0.39, 0.29) is 17.2 Å². The maximum Gasteiger partial charge on any atom is 0.216 e. The third kappa shape index (κ3) is 4.39. The maximum absolute atomic E-state index is 11.2. The summed E-state index contributed by atoms with van der Waals surface area (Å²) in [6.07, 6.45) is 2.64. The second-order valence-electron chi connectivity index (χ2n) is 4.32. The van der Waals surface area contributed by atoms with E-state index in [0.717, 1.165) is 0 Å². The Kier molecular flexibility index (Phi) is 4.30. The molecule has 0 fully saturated rings. The Morgan fingerprint density at radius 2 is 2.14 bits per heavy atom. The largest absolute Gasteiger partial charge is 0.360 e. The Bertz CT molecular complexity index is 772. The monoisotopic (exact) mass is 304 g/mol. The van der Waals surface area contributed by atoms with Crippen molar-refractivity contribution in [1.29, 1.82) is 5.26 Å². The molecule has 0 radical (unpaired) electrons. The molecule has 0 aliphatic rings. The standard InChI is InChI=1S/C12H12N6O2S/c1-21(19,20)8-9-2-4-11(5-3-9)14-7-10(6-13)12-15-17-18-16-12/h2-5,7,14H,8H2,1H3,(H,15,16,17,18). The fourth-order valence-corrected chi connectivity index (χ4v) is 2.38. The quantitative estimate of drug-likeness (QED) is 0.780. The summed E-state index contributed by atoms with van der Waals surface area (Å²) in [6.45, 7) is 0. The van der Waals surface area contributed by atoms with Crippen LogP contribution in [0.1, 0.15) is 11.4 Å². The summed E-state index contributed by atoms with van der Waals surface area (Å²) >= 11 is 0. The zero-order valence-corrected chi connectivity index (χ0v) is 11.9. The van der Waals surface area contributed by atoms with E-state index in [0.29, 0.717) is 11.3 Å². The minimum Gasteiger partial charge on any atom is -0.360 e. The minimum atomic E-state index is -3.05. The van der Waals surface area contributed by atoms with Gasteiger partial charge in [-0.3, -0.25) is 0 Å². The molecule has 2 N–H and O–H groups in total. The molecular formula is C12H12N6O2S. The molecule has 21 heavy (non-hydrogen) atoms. The summed E-state index contributed by atoms with van der Waals surface area (Å²) in [5, 5.41) is 25.0. The highest BCUT2D eigenvalue weighted by molar-refractivity contribution is 7.89. The molecule has 0 bridgehead atoms. The molecule has 9 heteroatoms. The van der Waals surface area contributed by atoms with Crippen LogP contribution < -0.4 is 5.32 Å². The third-order valence-electron chi connectivity index (χ3n) is 2.47. The van der Waals surface area contributed by atoms with Gasteiger partial charge in [0.2, 0.25) is 5.82 Å². The van der Waals surface area contributed by atoms with Gasteiger partial charge >= 0.3 is 0 Å². The summed E-state index contributed by atoms with van der Waals surface area (Å²) in [4.78, 5) is 0. The van der Waals surface area contributed by atoms with Gasteiger partial charge in [-0.2, -0.15) is 10.5 Å². The molecule has 0 atom stereocenters. The molecule has 0 unspecified atom stereocenters. The number of allylic oxidation sites excluding steroid dienone is 1. The van der Waals surface area contributed by atoms with Crippen molar-refractivity contribution >= 4 is 21.1 Å². The Balaban J connectivity index is 2.09. The van der Waals surface area contributed by atoms with Gasteiger partial charge in [-0.1, -0.05) is 12.1 Å². The highest BCUT2D eigenvalue weighted by Crippen LogP contribution is 2.13. The predicted molar refractivity (Wildman–Crippen MR) is 76.4 cm³/mol. The number of nitrogens with one attached hydrogen (secondary N) is 2. The van der Waals surface area contributed by atoms with Crippen LogP contribution in [0.25, 0.3) is 5.57 Å². The zero-order chi connectivity index (χ0) is 15.3. The molecule has 0 saturated heterocycles. The molecule has 8 nitrogen and oxygen atoms in total. The van der Waals surface area contributed by atoms with Crippen LogP contribution >= 0.6 is 0 Å². The number of benzene rings is 1. The van der Waals surface area contributed by atoms with Gasteiger partial charge in [-0.15, -0.1) is 10.2 Å². The van der Waals surface area contributed by atoms with Crippen LogP contribution in [-0.4, -0.2) is 35.3 Å². The summed E-state index contributed by atoms with van der Waals surface area (Å²) < 4.78 is 22.4. The first kappa shape index (κ1) is 14.7. The number of hydrogen-bond donors (Lipinski definition) is 2. The number of sulfone groups is 1. The number of anilines is 1. The molecule has 1 aromatic heterocycles. The highest BCUT2D eigenvalue weighted by atomic mass is 32.2. The minimum absolute atomic E-state index is 0.00454. The van der Waals surface area contributed by atoms with Crippen molar-refractivity contribution in [1.82, 2.24) is 20.6 Å². The SMILES string of the molecule is CS(=O)(=O)Cc1ccc(NC=C(C#N)c2nn[nH]n2)cc1. The van der Waals surface area contributed by atoms with Gasteiger partial charge in [-0.05, 0) is 22.9 Å². The lowest BCUT2D eigenvalue weighted by Gasteiger charge is -2.03. The molecular weight excluding hydrogens is 292 g/mol. The lowest BCUT2D eigenvalue weighted by Crippen LogP contribution is -2.00. The van der Waals surface area contributed by atoms with E-state index in [4.69, 9.17) is 5.26 Å². The van der Waals surface area contributed by atoms with Gasteiger partial charge in [0.1, 0.15) is 11.6 Å². The van der Waals surface area contributed by atoms with Gasteiger partial charge < -0.3 is 5.32 Å². The molecule has 0 saturated carbocycles. The van der Waals surface area contributed by atoms with Crippen LogP contribution in [0, 0.1) is 11.3 Å². The fraction of sp³-hybridized carbons (Fsp3) is 0.167. The van der Waals surface area contributed by atoms with Crippen molar-refractivity contribution in [2.45, 2.75) is 5.75 Å². The van der Waals surface area contributed by atoms with E-state index in [1.165, 1.54) is 12.5 Å². The first-order valence-electron chi connectivity index (χ1n) is 5.85. The Morgan fingerprint density at radius 1 is 1.43 bits per heavy atom. The van der Waals surface area contributed by atoms with Gasteiger partial charge in [0.25, 0.3) is 0 Å². The molecule has 108 valence electrons. The normalized spacial score (nSPS) is 11.9. The van der Waals surface area contributed by atoms with Crippen molar-refractivity contribution in [2.75, 3.05) is 11.6 Å². The smallest absolute Gasteiger partial charge is 0.216 e. The average molecular weight is 304 g/mol. The van der Waals surface area contributed by atoms with Crippen LogP contribution in [-0.2, 0) is 15.6 Å². The van der Waals surface area contributed by atoms with Crippen LogP contribution in [0.2, 0.25) is 0 Å². The summed E-state index contributed by atoms with van der Waals surface area (Å²) in [7, 11) is -3.05. The van der Waals surface area contributed by atoms with Crippen molar-refractivity contribution < 1.29 is 8.42 Å². The number of aromatic nitrogens is 4. The lowest BCUT2D eigenvalue weighted by molar-refractivity contribution is 0.601. The molecule has 1 heterocycles. The van der Waals surface area contributed by atoms with Gasteiger partial charge in [-0.25, -0.2) is 8.42 Å². The van der Waals surface area contributed by atoms with Gasteiger partial charge in [0.05, 0.1) is 5.75 Å². The van der Waals surface area contributed by atoms with Crippen molar-refractivity contribution in [3.63, 3.8) is 0 Å². The van der Waals surface area contributed by atoms with Gasteiger partial charge in [0.15, 0.2) is 9.84 Å². The van der Waals surface area contributed by atoms with E-state index < -0.39 is 9.84 Å². The molecule has 0 aliphatic heterocycles. The second kappa shape index (κ2) is 6.15. The summed E-state index contributed by atoms with van der Waals surface area (Å²) in [5.41, 5.74) is 1.64. The Labute approximate surface area is 121 Å². The molecule has 2 aromatic rings.